The molecule has 0 radical (unpaired) electrons. The smallest absolute Gasteiger partial charge is 0.196 e. The van der Waals surface area contributed by atoms with Gasteiger partial charge in [-0.15, -0.1) is 0 Å². The highest BCUT2D eigenvalue weighted by Crippen LogP contribution is 2.32. The monoisotopic (exact) mass is 217 g/mol. The summed E-state index contributed by atoms with van der Waals surface area (Å²) in [6.45, 7) is 2.11. The third-order valence-electron chi connectivity index (χ3n) is 3.18. The Morgan fingerprint density at radius 2 is 1.94 bits per heavy atom. The Morgan fingerprint density at radius 1 is 1.12 bits per heavy atom. The summed E-state index contributed by atoms with van der Waals surface area (Å²) in [4.78, 5) is 2.25. The van der Waals surface area contributed by atoms with Crippen molar-refractivity contribution in [1.29, 1.82) is 0 Å². The Kier molecular flexibility index (Phi) is 2.24. The maximum Gasteiger partial charge on any atom is 0.196 e. The van der Waals surface area contributed by atoms with E-state index < -0.39 is 0 Å². The highest BCUT2D eigenvalue weighted by molar-refractivity contribution is 5.85. The third kappa shape index (κ3) is 1.52. The molecule has 1 fully saturated rings. The van der Waals surface area contributed by atoms with Crippen LogP contribution in [0.1, 0.15) is 19.3 Å². The van der Waals surface area contributed by atoms with Gasteiger partial charge in [-0.25, -0.2) is 0 Å². The molecular formula is C13H15NO2. The zero-order chi connectivity index (χ0) is 11.0. The number of phenolic OH excluding ortho intramolecular Hbond substituents is 1. The Morgan fingerprint density at radius 3 is 2.69 bits per heavy atom. The lowest BCUT2D eigenvalue weighted by Gasteiger charge is -2.25. The number of anilines is 1. The number of piperidine rings is 1. The van der Waals surface area contributed by atoms with Crippen LogP contribution < -0.4 is 4.90 Å². The maximum absolute atomic E-state index is 9.67. The number of benzene rings is 1. The van der Waals surface area contributed by atoms with Crippen molar-refractivity contribution in [2.45, 2.75) is 19.3 Å². The highest BCUT2D eigenvalue weighted by Gasteiger charge is 2.15. The van der Waals surface area contributed by atoms with E-state index in [1.54, 1.807) is 6.07 Å². The minimum absolute atomic E-state index is 0.223. The fourth-order valence-electron chi connectivity index (χ4n) is 2.30. The van der Waals surface area contributed by atoms with Crippen LogP contribution in [0.3, 0.4) is 0 Å². The van der Waals surface area contributed by atoms with Crippen molar-refractivity contribution in [3.8, 4) is 5.75 Å². The summed E-state index contributed by atoms with van der Waals surface area (Å²) in [5.41, 5.74) is 0.600. The van der Waals surface area contributed by atoms with Gasteiger partial charge in [-0.2, -0.15) is 0 Å². The number of aromatic hydroxyl groups is 1. The lowest BCUT2D eigenvalue weighted by Crippen LogP contribution is -2.28. The second-order valence-electron chi connectivity index (χ2n) is 4.33. The molecule has 0 bridgehead atoms. The Balaban J connectivity index is 2.01. The van der Waals surface area contributed by atoms with Crippen LogP contribution in [0.5, 0.6) is 5.75 Å². The number of rotatable bonds is 1. The number of furan rings is 1. The molecule has 1 aliphatic rings. The number of nitrogens with zero attached hydrogens (tertiary/aromatic N) is 1. The van der Waals surface area contributed by atoms with Crippen molar-refractivity contribution >= 4 is 16.9 Å². The van der Waals surface area contributed by atoms with Crippen LogP contribution in [0.4, 0.5) is 5.88 Å². The molecule has 2 aromatic rings. The minimum Gasteiger partial charge on any atom is -0.504 e. The van der Waals surface area contributed by atoms with Crippen LogP contribution in [0, 0.1) is 0 Å². The van der Waals surface area contributed by atoms with E-state index in [0.717, 1.165) is 24.4 Å². The van der Waals surface area contributed by atoms with Crippen molar-refractivity contribution in [3.63, 3.8) is 0 Å². The molecule has 1 aliphatic heterocycles. The molecule has 2 heterocycles. The molecule has 3 heteroatoms. The van der Waals surface area contributed by atoms with E-state index in [-0.39, 0.29) is 5.75 Å². The van der Waals surface area contributed by atoms with Crippen molar-refractivity contribution in [2.24, 2.45) is 0 Å². The van der Waals surface area contributed by atoms with Crippen LogP contribution in [0.25, 0.3) is 11.0 Å². The van der Waals surface area contributed by atoms with E-state index in [0.29, 0.717) is 5.58 Å². The van der Waals surface area contributed by atoms with Crippen LogP contribution in [-0.4, -0.2) is 18.2 Å². The molecule has 3 rings (SSSR count). The maximum atomic E-state index is 9.67. The first-order valence-corrected chi connectivity index (χ1v) is 5.81. The van der Waals surface area contributed by atoms with Gasteiger partial charge in [0.1, 0.15) is 0 Å². The molecule has 1 saturated heterocycles. The van der Waals surface area contributed by atoms with Gasteiger partial charge >= 0.3 is 0 Å². The van der Waals surface area contributed by atoms with E-state index >= 15 is 0 Å². The quantitative estimate of drug-likeness (QED) is 0.797. The van der Waals surface area contributed by atoms with Gasteiger partial charge in [0.15, 0.2) is 17.2 Å². The van der Waals surface area contributed by atoms with Gasteiger partial charge in [-0.3, -0.25) is 0 Å². The zero-order valence-corrected chi connectivity index (χ0v) is 9.15. The van der Waals surface area contributed by atoms with E-state index in [9.17, 15) is 5.11 Å². The summed E-state index contributed by atoms with van der Waals surface area (Å²) in [5.74, 6) is 1.11. The van der Waals surface area contributed by atoms with E-state index in [2.05, 4.69) is 4.90 Å². The molecular weight excluding hydrogens is 202 g/mol. The Hall–Kier alpha value is -1.64. The van der Waals surface area contributed by atoms with Gasteiger partial charge in [-0.1, -0.05) is 12.1 Å². The lowest BCUT2D eigenvalue weighted by molar-refractivity contribution is 0.460. The number of fused-ring (bicyclic) bond motifs is 1. The number of phenols is 1. The van der Waals surface area contributed by atoms with E-state index in [1.807, 2.05) is 18.2 Å². The molecule has 1 aromatic heterocycles. The standard InChI is InChI=1S/C13H15NO2/c15-11-6-4-5-10-9-12(16-13(10)11)14-7-2-1-3-8-14/h4-6,9,15H,1-3,7-8H2. The molecule has 0 atom stereocenters. The van der Waals surface area contributed by atoms with Crippen LogP contribution >= 0.6 is 0 Å². The van der Waals surface area contributed by atoms with Crippen molar-refractivity contribution in [1.82, 2.24) is 0 Å². The average Bonchev–Trinajstić information content (AvgIpc) is 2.76. The minimum atomic E-state index is 0.223. The molecule has 0 amide bonds. The van der Waals surface area contributed by atoms with Gasteiger partial charge in [0, 0.05) is 24.5 Å². The molecule has 0 aliphatic carbocycles. The molecule has 0 saturated carbocycles. The Labute approximate surface area is 94.3 Å². The lowest BCUT2D eigenvalue weighted by atomic mass is 10.1. The summed E-state index contributed by atoms with van der Waals surface area (Å²) in [7, 11) is 0. The molecule has 16 heavy (non-hydrogen) atoms. The number of hydrogen-bond donors (Lipinski definition) is 1. The van der Waals surface area contributed by atoms with Crippen LogP contribution in [0.2, 0.25) is 0 Å². The van der Waals surface area contributed by atoms with Crippen molar-refractivity contribution < 1.29 is 9.52 Å². The predicted molar refractivity (Wildman–Crippen MR) is 63.9 cm³/mol. The molecule has 3 nitrogen and oxygen atoms in total. The van der Waals surface area contributed by atoms with Gasteiger partial charge in [-0.05, 0) is 25.3 Å². The molecule has 1 aromatic carbocycles. The van der Waals surface area contributed by atoms with Crippen LogP contribution in [-0.2, 0) is 0 Å². The predicted octanol–water partition coefficient (Wildman–Crippen LogP) is 3.13. The van der Waals surface area contributed by atoms with Crippen molar-refractivity contribution in [3.05, 3.63) is 24.3 Å². The number of para-hydroxylation sites is 1. The normalized spacial score (nSPS) is 16.9. The summed E-state index contributed by atoms with van der Waals surface area (Å²) in [6.07, 6.45) is 3.76. The number of hydrogen-bond acceptors (Lipinski definition) is 3. The fourth-order valence-corrected chi connectivity index (χ4v) is 2.30. The topological polar surface area (TPSA) is 36.6 Å². The average molecular weight is 217 g/mol. The Bertz CT molecular complexity index is 498. The first-order chi connectivity index (χ1) is 7.84. The summed E-state index contributed by atoms with van der Waals surface area (Å²) < 4.78 is 5.71. The van der Waals surface area contributed by atoms with E-state index in [4.69, 9.17) is 4.42 Å². The van der Waals surface area contributed by atoms with Crippen molar-refractivity contribution in [2.75, 3.05) is 18.0 Å². The zero-order valence-electron chi connectivity index (χ0n) is 9.15. The SMILES string of the molecule is Oc1cccc2cc(N3CCCCC3)oc12. The second-order valence-corrected chi connectivity index (χ2v) is 4.33. The largest absolute Gasteiger partial charge is 0.504 e. The second kappa shape index (κ2) is 3.74. The fraction of sp³-hybridized carbons (Fsp3) is 0.385. The van der Waals surface area contributed by atoms with E-state index in [1.165, 1.54) is 19.3 Å². The van der Waals surface area contributed by atoms with Crippen LogP contribution in [0.15, 0.2) is 28.7 Å². The van der Waals surface area contributed by atoms with Gasteiger partial charge in [0.05, 0.1) is 0 Å². The summed E-state index contributed by atoms with van der Waals surface area (Å²) >= 11 is 0. The third-order valence-corrected chi connectivity index (χ3v) is 3.18. The van der Waals surface area contributed by atoms with Gasteiger partial charge in [0.25, 0.3) is 0 Å². The molecule has 1 N–H and O–H groups in total. The highest BCUT2D eigenvalue weighted by atomic mass is 16.4. The summed E-state index contributed by atoms with van der Waals surface area (Å²) in [5, 5.41) is 10.6. The first-order valence-electron chi connectivity index (χ1n) is 5.81. The summed E-state index contributed by atoms with van der Waals surface area (Å²) in [6, 6.07) is 7.48. The van der Waals surface area contributed by atoms with Gasteiger partial charge in [0.2, 0.25) is 0 Å². The first kappa shape index (κ1) is 9.58. The molecule has 0 unspecified atom stereocenters. The molecule has 84 valence electrons. The molecule has 0 spiro atoms. The van der Waals surface area contributed by atoms with Gasteiger partial charge < -0.3 is 14.4 Å².